The molecule has 1 aromatic carbocycles. The number of amidine groups is 1. The highest BCUT2D eigenvalue weighted by Crippen LogP contribution is 2.26. The monoisotopic (exact) mass is 218 g/mol. The third-order valence-electron chi connectivity index (χ3n) is 3.24. The predicted molar refractivity (Wildman–Crippen MR) is 66.0 cm³/mol. The van der Waals surface area contributed by atoms with Gasteiger partial charge in [-0.3, -0.25) is 0 Å². The Hall–Kier alpha value is -1.51. The van der Waals surface area contributed by atoms with Crippen molar-refractivity contribution in [1.29, 1.82) is 0 Å². The van der Waals surface area contributed by atoms with E-state index in [4.69, 9.17) is 0 Å². The van der Waals surface area contributed by atoms with Gasteiger partial charge >= 0.3 is 0 Å². The summed E-state index contributed by atoms with van der Waals surface area (Å²) in [7, 11) is 0. The smallest absolute Gasteiger partial charge is 0.151 e. The molecule has 3 heteroatoms. The molecule has 0 aliphatic carbocycles. The molecule has 1 heterocycles. The quantitative estimate of drug-likeness (QED) is 0.611. The van der Waals surface area contributed by atoms with Gasteiger partial charge in [-0.2, -0.15) is 0 Å². The van der Waals surface area contributed by atoms with Gasteiger partial charge in [-0.05, 0) is 31.4 Å². The maximum atomic E-state index is 9.17. The van der Waals surface area contributed by atoms with Crippen LogP contribution in [-0.4, -0.2) is 17.6 Å². The number of nitrogens with zero attached hydrogens (tertiary/aromatic N) is 2. The van der Waals surface area contributed by atoms with Crippen LogP contribution in [0.4, 0.5) is 5.69 Å². The van der Waals surface area contributed by atoms with Gasteiger partial charge in [0.1, 0.15) is 0 Å². The van der Waals surface area contributed by atoms with E-state index in [1.165, 1.54) is 0 Å². The number of anilines is 1. The number of hydrogen-bond donors (Lipinski definition) is 1. The van der Waals surface area contributed by atoms with Crippen LogP contribution < -0.4 is 4.90 Å². The standard InChI is InChI=1S/C13H18N2O/c1-2-11-7-6-10-15(13(11)14-16)12-8-4-3-5-9-12/h3-5,8-9,11,16H,2,6-7,10H2,1H3/b14-13+. The van der Waals surface area contributed by atoms with Crippen molar-refractivity contribution in [3.05, 3.63) is 30.3 Å². The van der Waals surface area contributed by atoms with Crippen molar-refractivity contribution in [2.75, 3.05) is 11.4 Å². The number of hydrogen-bond acceptors (Lipinski definition) is 2. The van der Waals surface area contributed by atoms with E-state index in [-0.39, 0.29) is 0 Å². The van der Waals surface area contributed by atoms with Crippen molar-refractivity contribution in [2.45, 2.75) is 26.2 Å². The van der Waals surface area contributed by atoms with Crippen LogP contribution in [-0.2, 0) is 0 Å². The zero-order valence-electron chi connectivity index (χ0n) is 9.63. The molecule has 2 rings (SSSR count). The van der Waals surface area contributed by atoms with Gasteiger partial charge in [0.05, 0.1) is 0 Å². The summed E-state index contributed by atoms with van der Waals surface area (Å²) in [5, 5.41) is 12.7. The summed E-state index contributed by atoms with van der Waals surface area (Å²) >= 11 is 0. The van der Waals surface area contributed by atoms with Gasteiger partial charge in [0.2, 0.25) is 0 Å². The van der Waals surface area contributed by atoms with E-state index in [1.807, 2.05) is 18.2 Å². The molecule has 0 bridgehead atoms. The molecule has 1 atom stereocenters. The van der Waals surface area contributed by atoms with Gasteiger partial charge in [-0.15, -0.1) is 0 Å². The maximum absolute atomic E-state index is 9.17. The molecule has 0 radical (unpaired) electrons. The predicted octanol–water partition coefficient (Wildman–Crippen LogP) is 3.10. The second-order valence-electron chi connectivity index (χ2n) is 4.19. The largest absolute Gasteiger partial charge is 0.409 e. The second kappa shape index (κ2) is 5.01. The molecule has 1 unspecified atom stereocenters. The highest BCUT2D eigenvalue weighted by molar-refractivity contribution is 5.99. The van der Waals surface area contributed by atoms with Crippen LogP contribution in [0.25, 0.3) is 0 Å². The average Bonchev–Trinajstić information content (AvgIpc) is 2.38. The number of benzene rings is 1. The fourth-order valence-corrected chi connectivity index (χ4v) is 2.35. The Morgan fingerprint density at radius 1 is 1.38 bits per heavy atom. The lowest BCUT2D eigenvalue weighted by atomic mass is 9.93. The Bertz CT molecular complexity index is 361. The topological polar surface area (TPSA) is 35.8 Å². The molecule has 1 aliphatic heterocycles. The van der Waals surface area contributed by atoms with E-state index in [9.17, 15) is 5.21 Å². The average molecular weight is 218 g/mol. The Morgan fingerprint density at radius 3 is 2.75 bits per heavy atom. The molecule has 1 aliphatic rings. The fourth-order valence-electron chi connectivity index (χ4n) is 2.35. The molecule has 0 aromatic heterocycles. The van der Waals surface area contributed by atoms with Crippen molar-refractivity contribution < 1.29 is 5.21 Å². The second-order valence-corrected chi connectivity index (χ2v) is 4.19. The molecule has 1 fully saturated rings. The number of piperidine rings is 1. The van der Waals surface area contributed by atoms with Crippen LogP contribution >= 0.6 is 0 Å². The molecule has 0 amide bonds. The zero-order chi connectivity index (χ0) is 11.4. The van der Waals surface area contributed by atoms with Gasteiger partial charge < -0.3 is 10.1 Å². The first-order valence-corrected chi connectivity index (χ1v) is 5.91. The van der Waals surface area contributed by atoms with Crippen molar-refractivity contribution >= 4 is 11.5 Å². The van der Waals surface area contributed by atoms with Crippen LogP contribution in [0.5, 0.6) is 0 Å². The zero-order valence-corrected chi connectivity index (χ0v) is 9.63. The fraction of sp³-hybridized carbons (Fsp3) is 0.462. The van der Waals surface area contributed by atoms with Crippen molar-refractivity contribution in [3.63, 3.8) is 0 Å². The van der Waals surface area contributed by atoms with E-state index in [1.54, 1.807) is 0 Å². The SMILES string of the molecule is CCC1CCCN(c2ccccc2)/C1=N/O. The Balaban J connectivity index is 2.26. The first kappa shape index (κ1) is 11.0. The maximum Gasteiger partial charge on any atom is 0.151 e. The highest BCUT2D eigenvalue weighted by atomic mass is 16.4. The van der Waals surface area contributed by atoms with Gasteiger partial charge in [0.15, 0.2) is 5.84 Å². The summed E-state index contributed by atoms with van der Waals surface area (Å²) in [4.78, 5) is 2.12. The molecule has 1 N–H and O–H groups in total. The van der Waals surface area contributed by atoms with E-state index < -0.39 is 0 Å². The summed E-state index contributed by atoms with van der Waals surface area (Å²) in [5.74, 6) is 1.21. The lowest BCUT2D eigenvalue weighted by Crippen LogP contribution is -2.41. The third kappa shape index (κ3) is 2.03. The lowest BCUT2D eigenvalue weighted by molar-refractivity contribution is 0.309. The summed E-state index contributed by atoms with van der Waals surface area (Å²) in [6.45, 7) is 3.09. The third-order valence-corrected chi connectivity index (χ3v) is 3.24. The molecule has 86 valence electrons. The van der Waals surface area contributed by atoms with Crippen LogP contribution in [0, 0.1) is 5.92 Å². The first-order chi connectivity index (χ1) is 7.86. The minimum atomic E-state index is 0.388. The minimum Gasteiger partial charge on any atom is -0.409 e. The molecular formula is C13H18N2O. The first-order valence-electron chi connectivity index (χ1n) is 5.91. The van der Waals surface area contributed by atoms with Gasteiger partial charge in [-0.25, -0.2) is 0 Å². The van der Waals surface area contributed by atoms with Crippen LogP contribution in [0.3, 0.4) is 0 Å². The summed E-state index contributed by atoms with van der Waals surface area (Å²) in [5.41, 5.74) is 1.12. The van der Waals surface area contributed by atoms with E-state index >= 15 is 0 Å². The number of rotatable bonds is 2. The van der Waals surface area contributed by atoms with Gasteiger partial charge in [0.25, 0.3) is 0 Å². The van der Waals surface area contributed by atoms with Gasteiger partial charge in [0, 0.05) is 18.2 Å². The summed E-state index contributed by atoms with van der Waals surface area (Å²) < 4.78 is 0. The molecule has 1 saturated heterocycles. The Kier molecular flexibility index (Phi) is 3.44. The normalized spacial score (nSPS) is 23.7. The lowest BCUT2D eigenvalue weighted by Gasteiger charge is -2.34. The molecule has 3 nitrogen and oxygen atoms in total. The summed E-state index contributed by atoms with van der Waals surface area (Å²) in [6.07, 6.45) is 3.31. The molecule has 0 saturated carbocycles. The molecular weight excluding hydrogens is 200 g/mol. The Morgan fingerprint density at radius 2 is 2.12 bits per heavy atom. The van der Waals surface area contributed by atoms with Crippen molar-refractivity contribution in [2.24, 2.45) is 11.1 Å². The molecule has 0 spiro atoms. The molecule has 16 heavy (non-hydrogen) atoms. The van der Waals surface area contributed by atoms with Crippen molar-refractivity contribution in [3.8, 4) is 0 Å². The van der Waals surface area contributed by atoms with E-state index in [2.05, 4.69) is 29.1 Å². The van der Waals surface area contributed by atoms with E-state index in [0.29, 0.717) is 5.92 Å². The van der Waals surface area contributed by atoms with E-state index in [0.717, 1.165) is 37.3 Å². The van der Waals surface area contributed by atoms with Crippen LogP contribution in [0.15, 0.2) is 35.5 Å². The molecule has 1 aromatic rings. The number of para-hydroxylation sites is 1. The van der Waals surface area contributed by atoms with Gasteiger partial charge in [-0.1, -0.05) is 30.3 Å². The van der Waals surface area contributed by atoms with Crippen molar-refractivity contribution in [1.82, 2.24) is 0 Å². The van der Waals surface area contributed by atoms with Crippen LogP contribution in [0.2, 0.25) is 0 Å². The summed E-state index contributed by atoms with van der Waals surface area (Å²) in [6, 6.07) is 10.1. The van der Waals surface area contributed by atoms with Crippen LogP contribution in [0.1, 0.15) is 26.2 Å². The number of oxime groups is 1. The Labute approximate surface area is 96.4 Å². The highest BCUT2D eigenvalue weighted by Gasteiger charge is 2.26. The minimum absolute atomic E-state index is 0.388.